The van der Waals surface area contributed by atoms with E-state index in [2.05, 4.69) is 0 Å². The van der Waals surface area contributed by atoms with Crippen molar-refractivity contribution in [2.24, 2.45) is 0 Å². The number of hydrogen-bond acceptors (Lipinski definition) is 3. The molecule has 0 spiro atoms. The van der Waals surface area contributed by atoms with Crippen molar-refractivity contribution in [3.8, 4) is 0 Å². The first-order chi connectivity index (χ1) is 13.1. The summed E-state index contributed by atoms with van der Waals surface area (Å²) >= 11 is 0. The largest absolute Gasteiger partial charge is 0.399 e. The van der Waals surface area contributed by atoms with Gasteiger partial charge >= 0.3 is 11.8 Å². The molecule has 0 aliphatic rings. The van der Waals surface area contributed by atoms with Gasteiger partial charge in [-0.15, -0.1) is 0 Å². The van der Waals surface area contributed by atoms with Crippen LogP contribution in [0.3, 0.4) is 0 Å². The Morgan fingerprint density at radius 2 is 1.26 bits per heavy atom. The predicted molar refractivity (Wildman–Crippen MR) is 107 cm³/mol. The van der Waals surface area contributed by atoms with Gasteiger partial charge in [-0.05, 0) is 42.0 Å². The van der Waals surface area contributed by atoms with Gasteiger partial charge in [0.05, 0.1) is 0 Å². The summed E-state index contributed by atoms with van der Waals surface area (Å²) in [6.07, 6.45) is 0. The molecule has 0 bridgehead atoms. The molecule has 0 aliphatic heterocycles. The molecule has 0 fully saturated rings. The number of amides is 2. The monoisotopic (exact) mass is 359 g/mol. The molecular formula is C22H21N3O2. The van der Waals surface area contributed by atoms with Gasteiger partial charge in [0.25, 0.3) is 0 Å². The van der Waals surface area contributed by atoms with E-state index in [1.165, 1.54) is 9.80 Å². The quantitative estimate of drug-likeness (QED) is 0.572. The molecule has 0 saturated heterocycles. The van der Waals surface area contributed by atoms with Crippen LogP contribution in [0.2, 0.25) is 0 Å². The van der Waals surface area contributed by atoms with Crippen molar-refractivity contribution in [3.05, 3.63) is 90.5 Å². The lowest BCUT2D eigenvalue weighted by Gasteiger charge is -2.25. The molecule has 0 aliphatic carbocycles. The van der Waals surface area contributed by atoms with Crippen molar-refractivity contribution in [3.63, 3.8) is 0 Å². The fourth-order valence-electron chi connectivity index (χ4n) is 2.77. The summed E-state index contributed by atoms with van der Waals surface area (Å²) in [7, 11) is 1.62. The van der Waals surface area contributed by atoms with E-state index in [-0.39, 0.29) is 0 Å². The molecular weight excluding hydrogens is 338 g/mol. The van der Waals surface area contributed by atoms with E-state index in [1.807, 2.05) is 48.5 Å². The lowest BCUT2D eigenvalue weighted by atomic mass is 10.2. The van der Waals surface area contributed by atoms with Gasteiger partial charge in [0.15, 0.2) is 0 Å². The topological polar surface area (TPSA) is 66.6 Å². The van der Waals surface area contributed by atoms with Crippen LogP contribution in [0.25, 0.3) is 0 Å². The summed E-state index contributed by atoms with van der Waals surface area (Å²) in [6, 6.07) is 25.5. The molecule has 3 aromatic rings. The second-order valence-electron chi connectivity index (χ2n) is 6.21. The molecule has 0 saturated carbocycles. The highest BCUT2D eigenvalue weighted by molar-refractivity contribution is 6.41. The molecule has 5 nitrogen and oxygen atoms in total. The van der Waals surface area contributed by atoms with Crippen molar-refractivity contribution in [1.82, 2.24) is 4.90 Å². The van der Waals surface area contributed by atoms with Crippen LogP contribution in [0.1, 0.15) is 5.56 Å². The first-order valence-electron chi connectivity index (χ1n) is 8.60. The summed E-state index contributed by atoms with van der Waals surface area (Å²) in [5.74, 6) is -1.20. The van der Waals surface area contributed by atoms with Crippen LogP contribution >= 0.6 is 0 Å². The van der Waals surface area contributed by atoms with Crippen LogP contribution < -0.4 is 10.6 Å². The van der Waals surface area contributed by atoms with Gasteiger partial charge in [-0.1, -0.05) is 48.5 Å². The third kappa shape index (κ3) is 4.33. The Labute approximate surface area is 158 Å². The van der Waals surface area contributed by atoms with Crippen molar-refractivity contribution >= 4 is 28.9 Å². The molecule has 0 unspecified atom stereocenters. The lowest BCUT2D eigenvalue weighted by molar-refractivity contribution is -0.143. The summed E-state index contributed by atoms with van der Waals surface area (Å²) < 4.78 is 0. The van der Waals surface area contributed by atoms with Gasteiger partial charge in [-0.25, -0.2) is 0 Å². The van der Waals surface area contributed by atoms with Crippen LogP contribution in [0.4, 0.5) is 17.1 Å². The zero-order valence-corrected chi connectivity index (χ0v) is 15.1. The number of carbonyl (C=O) groups excluding carboxylic acids is 2. The Kier molecular flexibility index (Phi) is 5.52. The molecule has 2 N–H and O–H groups in total. The van der Waals surface area contributed by atoms with Crippen molar-refractivity contribution in [1.29, 1.82) is 0 Å². The highest BCUT2D eigenvalue weighted by Crippen LogP contribution is 2.26. The first kappa shape index (κ1) is 18.2. The normalized spacial score (nSPS) is 10.3. The Morgan fingerprint density at radius 1 is 0.741 bits per heavy atom. The Morgan fingerprint density at radius 3 is 1.85 bits per heavy atom. The lowest BCUT2D eigenvalue weighted by Crippen LogP contribution is -2.41. The molecule has 5 heteroatoms. The Bertz CT molecular complexity index is 909. The number of para-hydroxylation sites is 1. The van der Waals surface area contributed by atoms with Crippen LogP contribution in [0.5, 0.6) is 0 Å². The second-order valence-corrected chi connectivity index (χ2v) is 6.21. The molecule has 3 rings (SSSR count). The van der Waals surface area contributed by atoms with Gasteiger partial charge < -0.3 is 10.6 Å². The van der Waals surface area contributed by atoms with Gasteiger partial charge in [-0.2, -0.15) is 0 Å². The predicted octanol–water partition coefficient (Wildman–Crippen LogP) is 3.59. The Balaban J connectivity index is 1.88. The SMILES string of the molecule is CN(Cc1ccccc1)C(=O)C(=O)N(c1ccccc1)c1ccc(N)cc1. The fourth-order valence-corrected chi connectivity index (χ4v) is 2.77. The zero-order valence-electron chi connectivity index (χ0n) is 15.1. The highest BCUT2D eigenvalue weighted by Gasteiger charge is 2.27. The Hall–Kier alpha value is -3.60. The molecule has 136 valence electrons. The van der Waals surface area contributed by atoms with E-state index in [4.69, 9.17) is 5.73 Å². The highest BCUT2D eigenvalue weighted by atomic mass is 16.2. The minimum Gasteiger partial charge on any atom is -0.399 e. The third-order valence-electron chi connectivity index (χ3n) is 4.16. The van der Waals surface area contributed by atoms with Crippen molar-refractivity contribution in [2.45, 2.75) is 6.54 Å². The van der Waals surface area contributed by atoms with Crippen LogP contribution in [-0.4, -0.2) is 23.8 Å². The number of anilines is 3. The number of nitrogen functional groups attached to an aromatic ring is 1. The number of benzene rings is 3. The molecule has 0 radical (unpaired) electrons. The summed E-state index contributed by atoms with van der Waals surface area (Å²) in [6.45, 7) is 0.357. The van der Waals surface area contributed by atoms with E-state index in [1.54, 1.807) is 43.4 Å². The first-order valence-corrected chi connectivity index (χ1v) is 8.60. The van der Waals surface area contributed by atoms with Crippen LogP contribution in [-0.2, 0) is 16.1 Å². The third-order valence-corrected chi connectivity index (χ3v) is 4.16. The molecule has 27 heavy (non-hydrogen) atoms. The minimum absolute atomic E-state index is 0.357. The maximum Gasteiger partial charge on any atom is 0.321 e. The van der Waals surface area contributed by atoms with Crippen molar-refractivity contribution in [2.75, 3.05) is 17.7 Å². The number of hydrogen-bond donors (Lipinski definition) is 1. The van der Waals surface area contributed by atoms with Gasteiger partial charge in [0.2, 0.25) is 0 Å². The number of carbonyl (C=O) groups is 2. The number of likely N-dealkylation sites (N-methyl/N-ethyl adjacent to an activating group) is 1. The molecule has 0 heterocycles. The van der Waals surface area contributed by atoms with Gasteiger partial charge in [0.1, 0.15) is 0 Å². The van der Waals surface area contributed by atoms with Gasteiger partial charge in [0, 0.05) is 30.7 Å². The number of nitrogens with zero attached hydrogens (tertiary/aromatic N) is 2. The summed E-state index contributed by atoms with van der Waals surface area (Å²) in [5, 5.41) is 0. The molecule has 3 aromatic carbocycles. The second kappa shape index (κ2) is 8.19. The average Bonchev–Trinajstić information content (AvgIpc) is 2.70. The zero-order chi connectivity index (χ0) is 19.2. The average molecular weight is 359 g/mol. The van der Waals surface area contributed by atoms with Crippen LogP contribution in [0, 0.1) is 0 Å². The summed E-state index contributed by atoms with van der Waals surface area (Å²) in [4.78, 5) is 28.7. The number of rotatable bonds is 4. The van der Waals surface area contributed by atoms with Gasteiger partial charge in [-0.3, -0.25) is 14.5 Å². The minimum atomic E-state index is -0.621. The van der Waals surface area contributed by atoms with E-state index in [0.717, 1.165) is 5.56 Å². The van der Waals surface area contributed by atoms with Crippen molar-refractivity contribution < 1.29 is 9.59 Å². The maximum absolute atomic E-state index is 13.1. The van der Waals surface area contributed by atoms with E-state index >= 15 is 0 Å². The number of nitrogens with two attached hydrogens (primary N) is 1. The molecule has 2 amide bonds. The molecule has 0 aromatic heterocycles. The smallest absolute Gasteiger partial charge is 0.321 e. The van der Waals surface area contributed by atoms with E-state index in [0.29, 0.717) is 23.6 Å². The summed E-state index contributed by atoms with van der Waals surface area (Å²) in [5.41, 5.74) is 8.51. The fraction of sp³-hybridized carbons (Fsp3) is 0.0909. The standard InChI is InChI=1S/C22H21N3O2/c1-24(16-17-8-4-2-5-9-17)21(26)22(27)25(19-10-6-3-7-11-19)20-14-12-18(23)13-15-20/h2-15H,16,23H2,1H3. The van der Waals surface area contributed by atoms with Crippen LogP contribution in [0.15, 0.2) is 84.9 Å². The molecule has 0 atom stereocenters. The van der Waals surface area contributed by atoms with E-state index < -0.39 is 11.8 Å². The maximum atomic E-state index is 13.1. The van der Waals surface area contributed by atoms with E-state index in [9.17, 15) is 9.59 Å².